The number of rotatable bonds is 10. The summed E-state index contributed by atoms with van der Waals surface area (Å²) in [6, 6.07) is 7.49. The molecule has 0 aromatic heterocycles. The fourth-order valence-electron chi connectivity index (χ4n) is 2.09. The Morgan fingerprint density at radius 3 is 2.31 bits per heavy atom. The van der Waals surface area contributed by atoms with Crippen LogP contribution in [0.1, 0.15) is 32.8 Å². The number of carbonyl (C=O) groups is 1. The lowest BCUT2D eigenvalue weighted by molar-refractivity contribution is 0.0639. The number of carbonyl (C=O) groups excluding carboxylic acids is 1. The first-order chi connectivity index (χ1) is 12.0. The van der Waals surface area contributed by atoms with Crippen LogP contribution in [-0.4, -0.2) is 45.4 Å². The quantitative estimate of drug-likeness (QED) is 0.477. The standard InChI is InChI=1S/C19H33NO5Si/c1-19(2,3)26(4,5)24-12-6-11-23-16-9-7-15(8-10-16)13-17(14-21)25-18(20)22/h7-10,17,21H,6,11-14H2,1-5H3,(H2,20,22). The molecule has 0 aliphatic heterocycles. The van der Waals surface area contributed by atoms with Crippen LogP contribution in [0.15, 0.2) is 24.3 Å². The molecule has 0 heterocycles. The maximum absolute atomic E-state index is 10.8. The van der Waals surface area contributed by atoms with Crippen LogP contribution in [0.3, 0.4) is 0 Å². The molecule has 0 saturated carbocycles. The van der Waals surface area contributed by atoms with Crippen molar-refractivity contribution in [3.8, 4) is 5.75 Å². The predicted octanol–water partition coefficient (Wildman–Crippen LogP) is 3.48. The zero-order valence-corrected chi connectivity index (χ0v) is 17.6. The fourth-order valence-corrected chi connectivity index (χ4v) is 3.17. The summed E-state index contributed by atoms with van der Waals surface area (Å²) in [4.78, 5) is 10.8. The Balaban J connectivity index is 2.36. The van der Waals surface area contributed by atoms with Gasteiger partial charge in [-0.2, -0.15) is 0 Å². The van der Waals surface area contributed by atoms with Crippen molar-refractivity contribution in [1.82, 2.24) is 0 Å². The van der Waals surface area contributed by atoms with Crippen molar-refractivity contribution in [3.63, 3.8) is 0 Å². The van der Waals surface area contributed by atoms with Crippen molar-refractivity contribution < 1.29 is 23.8 Å². The Morgan fingerprint density at radius 1 is 1.19 bits per heavy atom. The highest BCUT2D eigenvalue weighted by molar-refractivity contribution is 6.74. The van der Waals surface area contributed by atoms with Crippen molar-refractivity contribution in [1.29, 1.82) is 0 Å². The maximum Gasteiger partial charge on any atom is 0.404 e. The highest BCUT2D eigenvalue weighted by Crippen LogP contribution is 2.36. The number of aliphatic hydroxyl groups excluding tert-OH is 1. The molecule has 1 amide bonds. The van der Waals surface area contributed by atoms with Gasteiger partial charge in [0, 0.05) is 19.4 Å². The molecule has 0 radical (unpaired) electrons. The minimum absolute atomic E-state index is 0.217. The molecule has 3 N–H and O–H groups in total. The smallest absolute Gasteiger partial charge is 0.404 e. The first-order valence-corrected chi connectivity index (χ1v) is 11.9. The van der Waals surface area contributed by atoms with Gasteiger partial charge in [0.1, 0.15) is 11.9 Å². The molecule has 26 heavy (non-hydrogen) atoms. The Hall–Kier alpha value is -1.57. The third kappa shape index (κ3) is 7.76. The van der Waals surface area contributed by atoms with Crippen LogP contribution in [0.25, 0.3) is 0 Å². The van der Waals surface area contributed by atoms with Gasteiger partial charge < -0.3 is 24.7 Å². The SMILES string of the molecule is CC(C)(C)[Si](C)(C)OCCCOc1ccc(CC(CO)OC(N)=O)cc1. The molecule has 6 nitrogen and oxygen atoms in total. The highest BCUT2D eigenvalue weighted by Gasteiger charge is 2.36. The summed E-state index contributed by atoms with van der Waals surface area (Å²) in [6.45, 7) is 12.2. The molecule has 0 aliphatic carbocycles. The lowest BCUT2D eigenvalue weighted by Gasteiger charge is -2.36. The lowest BCUT2D eigenvalue weighted by Crippen LogP contribution is -2.41. The molecular formula is C19H33NO5Si. The van der Waals surface area contributed by atoms with Gasteiger partial charge in [-0.15, -0.1) is 0 Å². The number of benzene rings is 1. The van der Waals surface area contributed by atoms with Crippen molar-refractivity contribution >= 4 is 14.4 Å². The van der Waals surface area contributed by atoms with Crippen LogP contribution >= 0.6 is 0 Å². The Kier molecular flexibility index (Phi) is 8.59. The molecule has 7 heteroatoms. The van der Waals surface area contributed by atoms with Crippen LogP contribution in [0.5, 0.6) is 5.75 Å². The van der Waals surface area contributed by atoms with Gasteiger partial charge in [-0.1, -0.05) is 32.9 Å². The van der Waals surface area contributed by atoms with Crippen molar-refractivity contribution in [3.05, 3.63) is 29.8 Å². The van der Waals surface area contributed by atoms with Gasteiger partial charge in [-0.05, 0) is 35.8 Å². The summed E-state index contributed by atoms with van der Waals surface area (Å²) in [5.41, 5.74) is 5.91. The molecule has 0 fully saturated rings. The first kappa shape index (κ1) is 22.5. The predicted molar refractivity (Wildman–Crippen MR) is 105 cm³/mol. The molecule has 1 aromatic carbocycles. The molecule has 1 rings (SSSR count). The summed E-state index contributed by atoms with van der Waals surface area (Å²) >= 11 is 0. The van der Waals surface area contributed by atoms with Crippen LogP contribution in [0, 0.1) is 0 Å². The van der Waals surface area contributed by atoms with Crippen LogP contribution in [0.2, 0.25) is 18.1 Å². The number of primary amides is 1. The second kappa shape index (κ2) is 9.94. The molecule has 0 bridgehead atoms. The van der Waals surface area contributed by atoms with E-state index in [1.807, 2.05) is 24.3 Å². The average Bonchev–Trinajstić information content (AvgIpc) is 2.53. The maximum atomic E-state index is 10.8. The third-order valence-electron chi connectivity index (χ3n) is 4.70. The van der Waals surface area contributed by atoms with Crippen molar-refractivity contribution in [2.75, 3.05) is 19.8 Å². The summed E-state index contributed by atoms with van der Waals surface area (Å²) in [5.74, 6) is 0.775. The van der Waals surface area contributed by atoms with Crippen LogP contribution in [0.4, 0.5) is 4.79 Å². The van der Waals surface area contributed by atoms with E-state index in [0.29, 0.717) is 19.6 Å². The van der Waals surface area contributed by atoms with Gasteiger partial charge in [0.05, 0.1) is 13.2 Å². The fraction of sp³-hybridized carbons (Fsp3) is 0.632. The van der Waals surface area contributed by atoms with Crippen molar-refractivity contribution in [2.24, 2.45) is 5.73 Å². The third-order valence-corrected chi connectivity index (χ3v) is 9.24. The zero-order valence-electron chi connectivity index (χ0n) is 16.6. The first-order valence-electron chi connectivity index (χ1n) is 8.98. The molecule has 0 spiro atoms. The average molecular weight is 384 g/mol. The van der Waals surface area contributed by atoms with E-state index in [0.717, 1.165) is 17.7 Å². The van der Waals surface area contributed by atoms with Gasteiger partial charge in [0.15, 0.2) is 8.32 Å². The topological polar surface area (TPSA) is 91.0 Å². The number of aliphatic hydroxyl groups is 1. The summed E-state index contributed by atoms with van der Waals surface area (Å²) in [7, 11) is -1.69. The molecule has 1 unspecified atom stereocenters. The molecule has 148 valence electrons. The van der Waals surface area contributed by atoms with E-state index in [1.165, 1.54) is 0 Å². The zero-order chi connectivity index (χ0) is 19.8. The Labute approximate surface area is 157 Å². The summed E-state index contributed by atoms with van der Waals surface area (Å²) < 4.78 is 16.7. The van der Waals surface area contributed by atoms with E-state index >= 15 is 0 Å². The molecule has 0 aliphatic rings. The van der Waals surface area contributed by atoms with Crippen LogP contribution in [-0.2, 0) is 15.6 Å². The van der Waals surface area contributed by atoms with Crippen molar-refractivity contribution in [2.45, 2.75) is 57.8 Å². The van der Waals surface area contributed by atoms with Gasteiger partial charge in [-0.3, -0.25) is 0 Å². The number of ether oxygens (including phenoxy) is 2. The van der Waals surface area contributed by atoms with Gasteiger partial charge in [0.2, 0.25) is 0 Å². The number of nitrogens with two attached hydrogens (primary N) is 1. The minimum atomic E-state index is -1.69. The minimum Gasteiger partial charge on any atom is -0.494 e. The second-order valence-electron chi connectivity index (χ2n) is 7.90. The number of hydrogen-bond donors (Lipinski definition) is 2. The molecule has 0 saturated heterocycles. The second-order valence-corrected chi connectivity index (χ2v) is 12.7. The van der Waals surface area contributed by atoms with Gasteiger partial charge >= 0.3 is 6.09 Å². The van der Waals surface area contributed by atoms with Gasteiger partial charge in [-0.25, -0.2) is 4.79 Å². The van der Waals surface area contributed by atoms with Gasteiger partial charge in [0.25, 0.3) is 0 Å². The normalized spacial score (nSPS) is 13.3. The van der Waals surface area contributed by atoms with Crippen LogP contribution < -0.4 is 10.5 Å². The summed E-state index contributed by atoms with van der Waals surface area (Å²) in [5, 5.41) is 9.41. The lowest BCUT2D eigenvalue weighted by atomic mass is 10.1. The Bertz CT molecular complexity index is 554. The number of hydrogen-bond acceptors (Lipinski definition) is 5. The largest absolute Gasteiger partial charge is 0.494 e. The van der Waals surface area contributed by atoms with E-state index in [2.05, 4.69) is 33.9 Å². The van der Waals surface area contributed by atoms with E-state index in [4.69, 9.17) is 19.6 Å². The molecular weight excluding hydrogens is 350 g/mol. The Morgan fingerprint density at radius 2 is 1.81 bits per heavy atom. The van der Waals surface area contributed by atoms with E-state index < -0.39 is 20.5 Å². The van der Waals surface area contributed by atoms with E-state index in [9.17, 15) is 9.90 Å². The van der Waals surface area contributed by atoms with E-state index in [-0.39, 0.29) is 11.6 Å². The molecule has 1 atom stereocenters. The number of amides is 1. The highest BCUT2D eigenvalue weighted by atomic mass is 28.4. The van der Waals surface area contributed by atoms with E-state index in [1.54, 1.807) is 0 Å². The molecule has 1 aromatic rings. The monoisotopic (exact) mass is 383 g/mol. The summed E-state index contributed by atoms with van der Waals surface area (Å²) in [6.07, 6.45) is -0.274.